The molecule has 0 bridgehead atoms. The number of rotatable bonds is 4. The summed E-state index contributed by atoms with van der Waals surface area (Å²) in [5.41, 5.74) is 1.74. The molecule has 2 saturated heterocycles. The third kappa shape index (κ3) is 4.00. The second kappa shape index (κ2) is 8.34. The van der Waals surface area contributed by atoms with Crippen molar-refractivity contribution in [2.75, 3.05) is 31.1 Å². The second-order valence-corrected chi connectivity index (χ2v) is 9.08. The Morgan fingerprint density at radius 3 is 2.28 bits per heavy atom. The zero-order chi connectivity index (χ0) is 20.5. The van der Waals surface area contributed by atoms with Gasteiger partial charge in [-0.2, -0.15) is 0 Å². The molecule has 1 amide bonds. The lowest BCUT2D eigenvalue weighted by Gasteiger charge is -2.38. The first-order chi connectivity index (χ1) is 14.0. The van der Waals surface area contributed by atoms with E-state index in [-0.39, 0.29) is 11.9 Å². The normalized spacial score (nSPS) is 27.9. The van der Waals surface area contributed by atoms with Crippen molar-refractivity contribution in [3.05, 3.63) is 29.8 Å². The molecule has 1 aliphatic carbocycles. The molecule has 3 aliphatic rings. The van der Waals surface area contributed by atoms with Gasteiger partial charge >= 0.3 is 5.97 Å². The minimum absolute atomic E-state index is 0.0844. The summed E-state index contributed by atoms with van der Waals surface area (Å²) in [6.45, 7) is 8.54. The molecule has 2 aliphatic heterocycles. The van der Waals surface area contributed by atoms with E-state index in [0.717, 1.165) is 57.5 Å². The molecule has 0 spiro atoms. The Morgan fingerprint density at radius 2 is 1.66 bits per heavy atom. The predicted octanol–water partition coefficient (Wildman–Crippen LogP) is 3.07. The summed E-state index contributed by atoms with van der Waals surface area (Å²) in [6.07, 6.45) is 4.80. The Balaban J connectivity index is 1.47. The van der Waals surface area contributed by atoms with Crippen molar-refractivity contribution < 1.29 is 14.7 Å². The molecule has 158 valence electrons. The molecule has 3 fully saturated rings. The number of anilines is 1. The number of carboxylic acids is 1. The van der Waals surface area contributed by atoms with Crippen LogP contribution in [0.4, 0.5) is 5.69 Å². The van der Waals surface area contributed by atoms with Gasteiger partial charge in [-0.15, -0.1) is 0 Å². The Hall–Kier alpha value is -2.08. The number of aliphatic carboxylic acids is 1. The van der Waals surface area contributed by atoms with Crippen LogP contribution in [0.15, 0.2) is 24.3 Å². The fourth-order valence-corrected chi connectivity index (χ4v) is 5.43. The third-order valence-corrected chi connectivity index (χ3v) is 7.13. The molecule has 4 rings (SSSR count). The fraction of sp³-hybridized carbons (Fsp3) is 0.652. The maximum absolute atomic E-state index is 13.3. The summed E-state index contributed by atoms with van der Waals surface area (Å²) < 4.78 is 0. The van der Waals surface area contributed by atoms with Crippen molar-refractivity contribution in [2.24, 2.45) is 5.92 Å². The van der Waals surface area contributed by atoms with Gasteiger partial charge < -0.3 is 14.9 Å². The van der Waals surface area contributed by atoms with E-state index in [2.05, 4.69) is 23.6 Å². The highest BCUT2D eigenvalue weighted by molar-refractivity contribution is 5.97. The number of amides is 1. The molecular formula is C23H33N3O3. The van der Waals surface area contributed by atoms with Crippen LogP contribution in [0.2, 0.25) is 0 Å². The van der Waals surface area contributed by atoms with Crippen LogP contribution in [0, 0.1) is 5.92 Å². The first-order valence-corrected chi connectivity index (χ1v) is 11.1. The number of hydrogen-bond acceptors (Lipinski definition) is 4. The predicted molar refractivity (Wildman–Crippen MR) is 113 cm³/mol. The van der Waals surface area contributed by atoms with E-state index < -0.39 is 12.0 Å². The molecule has 6 nitrogen and oxygen atoms in total. The van der Waals surface area contributed by atoms with Gasteiger partial charge in [-0.3, -0.25) is 9.69 Å². The lowest BCUT2D eigenvalue weighted by molar-refractivity contribution is -0.141. The van der Waals surface area contributed by atoms with Crippen LogP contribution >= 0.6 is 0 Å². The number of likely N-dealkylation sites (tertiary alicyclic amines) is 1. The van der Waals surface area contributed by atoms with Crippen molar-refractivity contribution in [1.82, 2.24) is 9.80 Å². The van der Waals surface area contributed by atoms with E-state index in [1.54, 1.807) is 4.90 Å². The van der Waals surface area contributed by atoms with E-state index in [9.17, 15) is 14.7 Å². The van der Waals surface area contributed by atoms with Gasteiger partial charge in [-0.1, -0.05) is 12.8 Å². The number of carboxylic acid groups (broad SMARTS) is 1. The summed E-state index contributed by atoms with van der Waals surface area (Å²) in [7, 11) is 0. The van der Waals surface area contributed by atoms with Gasteiger partial charge in [-0.25, -0.2) is 4.79 Å². The molecule has 1 N–H and O–H groups in total. The largest absolute Gasteiger partial charge is 0.480 e. The first kappa shape index (κ1) is 20.2. The number of piperazine rings is 1. The van der Waals surface area contributed by atoms with Gasteiger partial charge in [0, 0.05) is 49.5 Å². The van der Waals surface area contributed by atoms with E-state index >= 15 is 0 Å². The van der Waals surface area contributed by atoms with Gasteiger partial charge in [0.2, 0.25) is 0 Å². The molecule has 3 unspecified atom stereocenters. The maximum atomic E-state index is 13.3. The summed E-state index contributed by atoms with van der Waals surface area (Å²) in [4.78, 5) is 31.6. The number of benzene rings is 1. The molecule has 1 aromatic rings. The monoisotopic (exact) mass is 399 g/mol. The van der Waals surface area contributed by atoms with Crippen LogP contribution in [0.25, 0.3) is 0 Å². The standard InChI is InChI=1S/C23H33N3O3/c1-16(2)24-11-13-25(14-12-24)19-9-7-17(8-10-19)22(27)26-20-6-4-3-5-18(20)15-21(26)23(28)29/h7-10,16,18,20-21H,3-6,11-15H2,1-2H3,(H,28,29). The molecule has 6 heteroatoms. The Morgan fingerprint density at radius 1 is 1.00 bits per heavy atom. The third-order valence-electron chi connectivity index (χ3n) is 7.13. The Bertz CT molecular complexity index is 740. The van der Waals surface area contributed by atoms with Crippen molar-refractivity contribution in [2.45, 2.75) is 64.1 Å². The number of fused-ring (bicyclic) bond motifs is 1. The van der Waals surface area contributed by atoms with E-state index in [1.807, 2.05) is 24.3 Å². The number of nitrogens with zero attached hydrogens (tertiary/aromatic N) is 3. The Labute approximate surface area is 173 Å². The van der Waals surface area contributed by atoms with E-state index in [0.29, 0.717) is 23.9 Å². The van der Waals surface area contributed by atoms with Gasteiger partial charge in [0.1, 0.15) is 6.04 Å². The Kier molecular flexibility index (Phi) is 5.81. The van der Waals surface area contributed by atoms with E-state index in [4.69, 9.17) is 0 Å². The second-order valence-electron chi connectivity index (χ2n) is 9.08. The summed E-state index contributed by atoms with van der Waals surface area (Å²) >= 11 is 0. The van der Waals surface area contributed by atoms with Crippen molar-refractivity contribution >= 4 is 17.6 Å². The zero-order valence-electron chi connectivity index (χ0n) is 17.6. The van der Waals surface area contributed by atoms with Crippen molar-refractivity contribution in [3.8, 4) is 0 Å². The topological polar surface area (TPSA) is 64.1 Å². The van der Waals surface area contributed by atoms with E-state index in [1.165, 1.54) is 0 Å². The lowest BCUT2D eigenvalue weighted by atomic mass is 9.84. The fourth-order valence-electron chi connectivity index (χ4n) is 5.43. The lowest BCUT2D eigenvalue weighted by Crippen LogP contribution is -2.49. The molecule has 0 radical (unpaired) electrons. The summed E-state index contributed by atoms with van der Waals surface area (Å²) in [6, 6.07) is 7.76. The average molecular weight is 400 g/mol. The van der Waals surface area contributed by atoms with Crippen LogP contribution in [0.5, 0.6) is 0 Å². The molecule has 3 atom stereocenters. The zero-order valence-corrected chi connectivity index (χ0v) is 17.6. The minimum Gasteiger partial charge on any atom is -0.480 e. The minimum atomic E-state index is -0.868. The molecule has 1 saturated carbocycles. The van der Waals surface area contributed by atoms with Gasteiger partial charge in [0.05, 0.1) is 0 Å². The highest BCUT2D eigenvalue weighted by Gasteiger charge is 2.47. The summed E-state index contributed by atoms with van der Waals surface area (Å²) in [5.74, 6) is -0.652. The summed E-state index contributed by atoms with van der Waals surface area (Å²) in [5, 5.41) is 9.70. The molecule has 2 heterocycles. The van der Waals surface area contributed by atoms with Crippen molar-refractivity contribution in [1.29, 1.82) is 0 Å². The van der Waals surface area contributed by atoms with Gasteiger partial charge in [-0.05, 0) is 63.3 Å². The molecular weight excluding hydrogens is 366 g/mol. The van der Waals surface area contributed by atoms with Crippen LogP contribution in [0.3, 0.4) is 0 Å². The first-order valence-electron chi connectivity index (χ1n) is 11.1. The van der Waals surface area contributed by atoms with Crippen LogP contribution in [-0.4, -0.2) is 71.1 Å². The van der Waals surface area contributed by atoms with Crippen LogP contribution in [0.1, 0.15) is 56.3 Å². The average Bonchev–Trinajstić information content (AvgIpc) is 3.13. The molecule has 1 aromatic carbocycles. The quantitative estimate of drug-likeness (QED) is 0.843. The smallest absolute Gasteiger partial charge is 0.326 e. The molecule has 29 heavy (non-hydrogen) atoms. The van der Waals surface area contributed by atoms with Crippen molar-refractivity contribution in [3.63, 3.8) is 0 Å². The van der Waals surface area contributed by atoms with Crippen LogP contribution in [-0.2, 0) is 4.79 Å². The number of carbonyl (C=O) groups excluding carboxylic acids is 1. The number of carbonyl (C=O) groups is 2. The maximum Gasteiger partial charge on any atom is 0.326 e. The van der Waals surface area contributed by atoms with Gasteiger partial charge in [0.15, 0.2) is 0 Å². The molecule has 0 aromatic heterocycles. The number of hydrogen-bond donors (Lipinski definition) is 1. The van der Waals surface area contributed by atoms with Gasteiger partial charge in [0.25, 0.3) is 5.91 Å². The highest BCUT2D eigenvalue weighted by Crippen LogP contribution is 2.40. The SMILES string of the molecule is CC(C)N1CCN(c2ccc(C(=O)N3C(C(=O)O)CC4CCCCC43)cc2)CC1. The van der Waals surface area contributed by atoms with Crippen LogP contribution < -0.4 is 4.90 Å². The highest BCUT2D eigenvalue weighted by atomic mass is 16.4.